The summed E-state index contributed by atoms with van der Waals surface area (Å²) in [5.41, 5.74) is 1.03. The third-order valence-electron chi connectivity index (χ3n) is 2.45. The lowest BCUT2D eigenvalue weighted by atomic mass is 9.78. The minimum atomic E-state index is -0.204. The summed E-state index contributed by atoms with van der Waals surface area (Å²) < 4.78 is 0. The van der Waals surface area contributed by atoms with Gasteiger partial charge >= 0.3 is 0 Å². The Morgan fingerprint density at radius 2 is 2.23 bits per heavy atom. The predicted octanol–water partition coefficient (Wildman–Crippen LogP) is 1.35. The Morgan fingerprint density at radius 1 is 1.38 bits per heavy atom. The molecule has 2 unspecified atom stereocenters. The van der Waals surface area contributed by atoms with Crippen molar-refractivity contribution in [2.24, 2.45) is 11.8 Å². The van der Waals surface area contributed by atoms with E-state index in [0.717, 1.165) is 5.57 Å². The average Bonchev–Trinajstić information content (AvgIpc) is 2.16. The van der Waals surface area contributed by atoms with Gasteiger partial charge in [0.25, 0.3) is 0 Å². The third-order valence-corrected chi connectivity index (χ3v) is 2.45. The van der Waals surface area contributed by atoms with Crippen molar-refractivity contribution >= 4 is 12.1 Å². The highest BCUT2D eigenvalue weighted by Crippen LogP contribution is 2.31. The van der Waals surface area contributed by atoms with Gasteiger partial charge in [-0.1, -0.05) is 29.9 Å². The number of hydrogen-bond acceptors (Lipinski definition) is 2. The molecule has 0 saturated carbocycles. The lowest BCUT2D eigenvalue weighted by molar-refractivity contribution is -0.114. The average molecular weight is 173 g/mol. The Balaban J connectivity index is 2.34. The van der Waals surface area contributed by atoms with Crippen LogP contribution in [0.4, 0.5) is 0 Å². The molecule has 2 aliphatic rings. The highest BCUT2D eigenvalue weighted by Gasteiger charge is 2.26. The van der Waals surface area contributed by atoms with E-state index in [4.69, 9.17) is 0 Å². The summed E-state index contributed by atoms with van der Waals surface area (Å²) in [6.45, 7) is 0. The van der Waals surface area contributed by atoms with Crippen LogP contribution in [0.15, 0.2) is 36.0 Å². The fraction of sp³-hybridized carbons (Fsp3) is 0.273. The quantitative estimate of drug-likeness (QED) is 0.599. The lowest BCUT2D eigenvalue weighted by Crippen LogP contribution is -2.21. The largest absolute Gasteiger partial charge is 0.295 e. The van der Waals surface area contributed by atoms with E-state index in [1.165, 1.54) is 0 Å². The molecule has 0 heterocycles. The first-order chi connectivity index (χ1) is 6.31. The second-order valence-electron chi connectivity index (χ2n) is 3.30. The maximum atomic E-state index is 11.1. The van der Waals surface area contributed by atoms with Crippen LogP contribution >= 0.6 is 0 Å². The molecule has 65 valence electrons. The Bertz CT molecular complexity index is 334. The van der Waals surface area contributed by atoms with E-state index in [0.29, 0.717) is 6.42 Å². The molecule has 2 heteroatoms. The zero-order valence-electron chi connectivity index (χ0n) is 7.07. The van der Waals surface area contributed by atoms with Gasteiger partial charge in [0.1, 0.15) is 0 Å². The maximum absolute atomic E-state index is 11.1. The van der Waals surface area contributed by atoms with Gasteiger partial charge in [-0.05, 0) is 6.08 Å². The van der Waals surface area contributed by atoms with Gasteiger partial charge in [-0.25, -0.2) is 0 Å². The van der Waals surface area contributed by atoms with Crippen LogP contribution in [0.25, 0.3) is 0 Å². The number of ketones is 1. The van der Waals surface area contributed by atoms with Crippen molar-refractivity contribution in [1.29, 1.82) is 0 Å². The van der Waals surface area contributed by atoms with Crippen LogP contribution < -0.4 is 0 Å². The van der Waals surface area contributed by atoms with Crippen molar-refractivity contribution in [1.82, 2.24) is 0 Å². The molecule has 2 rings (SSSR count). The number of fused-ring (bicyclic) bond motifs is 1. The number of hydrogen-bond donors (Lipinski definition) is 0. The van der Waals surface area contributed by atoms with Crippen LogP contribution in [0.2, 0.25) is 0 Å². The fourth-order valence-electron chi connectivity index (χ4n) is 1.76. The standard InChI is InChI=1S/C11H9O2/c12-7-9-3-1-2-8-6-10(13)4-5-11(8)9/h1-5,9,11H,6H2. The van der Waals surface area contributed by atoms with Crippen LogP contribution in [0.5, 0.6) is 0 Å². The zero-order valence-corrected chi connectivity index (χ0v) is 7.07. The monoisotopic (exact) mass is 173 g/mol. The van der Waals surface area contributed by atoms with Crippen LogP contribution in [-0.2, 0) is 9.59 Å². The van der Waals surface area contributed by atoms with E-state index in [2.05, 4.69) is 0 Å². The second kappa shape index (κ2) is 3.13. The topological polar surface area (TPSA) is 34.1 Å². The van der Waals surface area contributed by atoms with Crippen molar-refractivity contribution in [3.63, 3.8) is 0 Å². The molecule has 0 fully saturated rings. The van der Waals surface area contributed by atoms with Gasteiger partial charge in [0.2, 0.25) is 6.29 Å². The first-order valence-electron chi connectivity index (χ1n) is 4.27. The highest BCUT2D eigenvalue weighted by molar-refractivity contribution is 5.93. The second-order valence-corrected chi connectivity index (χ2v) is 3.30. The molecule has 0 aliphatic heterocycles. The summed E-state index contributed by atoms with van der Waals surface area (Å²) in [5, 5.41) is 0. The normalized spacial score (nSPS) is 31.1. The molecule has 0 aromatic rings. The first kappa shape index (κ1) is 8.17. The number of carbonyl (C=O) groups is 1. The van der Waals surface area contributed by atoms with Gasteiger partial charge in [-0.3, -0.25) is 9.59 Å². The van der Waals surface area contributed by atoms with E-state index < -0.39 is 0 Å². The molecule has 0 aromatic carbocycles. The molecular formula is C11H9O2. The zero-order chi connectivity index (χ0) is 9.26. The molecule has 2 aliphatic carbocycles. The number of allylic oxidation sites excluding steroid dienone is 6. The minimum absolute atomic E-state index is 0.0696. The molecule has 13 heavy (non-hydrogen) atoms. The van der Waals surface area contributed by atoms with Crippen molar-refractivity contribution in [3.05, 3.63) is 36.0 Å². The number of rotatable bonds is 1. The summed E-state index contributed by atoms with van der Waals surface area (Å²) >= 11 is 0. The molecule has 0 bridgehead atoms. The van der Waals surface area contributed by atoms with Crippen molar-refractivity contribution in [3.8, 4) is 0 Å². The Kier molecular flexibility index (Phi) is 1.97. The van der Waals surface area contributed by atoms with E-state index in [1.54, 1.807) is 12.2 Å². The van der Waals surface area contributed by atoms with Gasteiger partial charge in [0.15, 0.2) is 5.78 Å². The maximum Gasteiger partial charge on any atom is 0.206 e. The van der Waals surface area contributed by atoms with E-state index >= 15 is 0 Å². The summed E-state index contributed by atoms with van der Waals surface area (Å²) in [5.74, 6) is -0.0213. The SMILES string of the molecule is O=[C]C1C=CC=C2CC(=O)C=CC21. The Morgan fingerprint density at radius 3 is 3.00 bits per heavy atom. The molecule has 2 atom stereocenters. The molecule has 2 nitrogen and oxygen atoms in total. The van der Waals surface area contributed by atoms with Gasteiger partial charge in [-0.15, -0.1) is 0 Å². The molecule has 0 aromatic heterocycles. The molecule has 1 radical (unpaired) electrons. The fourth-order valence-corrected chi connectivity index (χ4v) is 1.76. The van der Waals surface area contributed by atoms with Crippen molar-refractivity contribution < 1.29 is 9.59 Å². The van der Waals surface area contributed by atoms with E-state index in [1.807, 2.05) is 24.5 Å². The summed E-state index contributed by atoms with van der Waals surface area (Å²) in [4.78, 5) is 21.6. The molecule has 0 N–H and O–H groups in total. The number of carbonyl (C=O) groups excluding carboxylic acids is 2. The van der Waals surface area contributed by atoms with E-state index in [-0.39, 0.29) is 17.6 Å². The first-order valence-corrected chi connectivity index (χ1v) is 4.27. The van der Waals surface area contributed by atoms with Crippen molar-refractivity contribution in [2.45, 2.75) is 6.42 Å². The predicted molar refractivity (Wildman–Crippen MR) is 48.7 cm³/mol. The Hall–Kier alpha value is -1.44. The van der Waals surface area contributed by atoms with Gasteiger partial charge in [0.05, 0.1) is 5.92 Å². The Labute approximate surface area is 76.6 Å². The third kappa shape index (κ3) is 1.39. The smallest absolute Gasteiger partial charge is 0.206 e. The summed E-state index contributed by atoms with van der Waals surface area (Å²) in [6.07, 6.45) is 11.4. The summed E-state index contributed by atoms with van der Waals surface area (Å²) in [6, 6.07) is 0. The highest BCUT2D eigenvalue weighted by atomic mass is 16.1. The molecule has 0 amide bonds. The summed E-state index contributed by atoms with van der Waals surface area (Å²) in [7, 11) is 0. The van der Waals surface area contributed by atoms with Gasteiger partial charge in [0, 0.05) is 12.3 Å². The molecule has 0 spiro atoms. The van der Waals surface area contributed by atoms with Gasteiger partial charge < -0.3 is 0 Å². The van der Waals surface area contributed by atoms with Crippen LogP contribution in [0.3, 0.4) is 0 Å². The van der Waals surface area contributed by atoms with Gasteiger partial charge in [-0.2, -0.15) is 0 Å². The van der Waals surface area contributed by atoms with Crippen LogP contribution in [0, 0.1) is 11.8 Å². The van der Waals surface area contributed by atoms with Crippen molar-refractivity contribution in [2.75, 3.05) is 0 Å². The van der Waals surface area contributed by atoms with Crippen LogP contribution in [0.1, 0.15) is 6.42 Å². The molecular weight excluding hydrogens is 164 g/mol. The lowest BCUT2D eigenvalue weighted by Gasteiger charge is -2.24. The van der Waals surface area contributed by atoms with Crippen LogP contribution in [-0.4, -0.2) is 12.1 Å². The minimum Gasteiger partial charge on any atom is -0.295 e. The molecule has 0 saturated heterocycles. The van der Waals surface area contributed by atoms with E-state index in [9.17, 15) is 9.59 Å².